The van der Waals surface area contributed by atoms with Crippen molar-refractivity contribution < 1.29 is 21.3 Å². The Hall–Kier alpha value is -2.04. The molecule has 1 aromatic heterocycles. The molecule has 2 N–H and O–H groups in total. The molecule has 148 valence electrons. The number of hydrogen-bond acceptors (Lipinski definition) is 5. The molecule has 0 radical (unpaired) electrons. The van der Waals surface area contributed by atoms with Crippen LogP contribution in [0.3, 0.4) is 0 Å². The van der Waals surface area contributed by atoms with Crippen molar-refractivity contribution in [2.45, 2.75) is 16.3 Å². The van der Waals surface area contributed by atoms with Gasteiger partial charge in [-0.15, -0.1) is 0 Å². The topological polar surface area (TPSA) is 105 Å². The largest absolute Gasteiger partial charge is 0.468 e. The number of halogens is 2. The Kier molecular flexibility index (Phi) is 6.01. The fourth-order valence-electron chi connectivity index (χ4n) is 2.29. The van der Waals surface area contributed by atoms with Crippen molar-refractivity contribution in [2.75, 3.05) is 4.72 Å². The lowest BCUT2D eigenvalue weighted by atomic mass is 10.3. The zero-order valence-electron chi connectivity index (χ0n) is 14.1. The summed E-state index contributed by atoms with van der Waals surface area (Å²) in [5, 5.41) is -0.0384. The van der Waals surface area contributed by atoms with Crippen LogP contribution < -0.4 is 9.44 Å². The molecule has 0 amide bonds. The second-order valence-corrected chi connectivity index (χ2v) is 9.79. The number of anilines is 1. The maximum atomic E-state index is 12.6. The fourth-order valence-corrected chi connectivity index (χ4v) is 5.14. The molecular weight excluding hydrogens is 447 g/mol. The normalized spacial score (nSPS) is 12.1. The van der Waals surface area contributed by atoms with Gasteiger partial charge in [-0.2, -0.15) is 0 Å². The highest BCUT2D eigenvalue weighted by Gasteiger charge is 2.21. The van der Waals surface area contributed by atoms with Crippen LogP contribution in [0.4, 0.5) is 5.69 Å². The number of hydrogen-bond donors (Lipinski definition) is 2. The highest BCUT2D eigenvalue weighted by atomic mass is 35.5. The first kappa shape index (κ1) is 20.7. The molecule has 0 saturated heterocycles. The molecule has 0 unspecified atom stereocenters. The second kappa shape index (κ2) is 8.14. The Balaban J connectivity index is 1.84. The first-order valence-corrected chi connectivity index (χ1v) is 11.5. The minimum atomic E-state index is -4.07. The van der Waals surface area contributed by atoms with E-state index in [9.17, 15) is 16.8 Å². The molecule has 0 bridgehead atoms. The number of nitrogens with one attached hydrogen (secondary N) is 2. The van der Waals surface area contributed by atoms with Crippen LogP contribution in [0.2, 0.25) is 10.0 Å². The summed E-state index contributed by atoms with van der Waals surface area (Å²) in [6.07, 6.45) is 1.43. The Morgan fingerprint density at radius 2 is 1.64 bits per heavy atom. The van der Waals surface area contributed by atoms with E-state index in [0.717, 1.165) is 0 Å². The molecular formula is C17H14Cl2N2O5S2. The molecule has 0 spiro atoms. The van der Waals surface area contributed by atoms with E-state index in [0.29, 0.717) is 5.76 Å². The third kappa shape index (κ3) is 4.68. The van der Waals surface area contributed by atoms with Gasteiger partial charge in [-0.05, 0) is 42.5 Å². The monoisotopic (exact) mass is 460 g/mol. The summed E-state index contributed by atoms with van der Waals surface area (Å²) in [5.74, 6) is 0.441. The predicted octanol–water partition coefficient (Wildman–Crippen LogP) is 3.87. The predicted molar refractivity (Wildman–Crippen MR) is 106 cm³/mol. The van der Waals surface area contributed by atoms with Gasteiger partial charge >= 0.3 is 0 Å². The molecule has 1 heterocycles. The van der Waals surface area contributed by atoms with Gasteiger partial charge in [0.25, 0.3) is 10.0 Å². The van der Waals surface area contributed by atoms with E-state index >= 15 is 0 Å². The molecule has 11 heteroatoms. The van der Waals surface area contributed by atoms with Gasteiger partial charge in [-0.1, -0.05) is 35.3 Å². The van der Waals surface area contributed by atoms with E-state index in [4.69, 9.17) is 27.6 Å². The van der Waals surface area contributed by atoms with Gasteiger partial charge in [0, 0.05) is 0 Å². The first-order chi connectivity index (χ1) is 13.2. The van der Waals surface area contributed by atoms with E-state index < -0.39 is 20.0 Å². The van der Waals surface area contributed by atoms with Gasteiger partial charge in [-0.3, -0.25) is 4.72 Å². The van der Waals surface area contributed by atoms with E-state index in [2.05, 4.69) is 9.44 Å². The highest BCUT2D eigenvalue weighted by molar-refractivity contribution is 7.93. The van der Waals surface area contributed by atoms with E-state index in [1.807, 2.05) is 0 Å². The van der Waals surface area contributed by atoms with Crippen LogP contribution in [0.15, 0.2) is 75.1 Å². The van der Waals surface area contributed by atoms with Crippen LogP contribution >= 0.6 is 23.2 Å². The quantitative estimate of drug-likeness (QED) is 0.556. The third-order valence-electron chi connectivity index (χ3n) is 3.62. The second-order valence-electron chi connectivity index (χ2n) is 5.59. The molecule has 3 rings (SSSR count). The van der Waals surface area contributed by atoms with Crippen LogP contribution in [0.5, 0.6) is 0 Å². The summed E-state index contributed by atoms with van der Waals surface area (Å²) in [6.45, 7) is -0.0383. The van der Waals surface area contributed by atoms with Gasteiger partial charge in [0.2, 0.25) is 10.0 Å². The zero-order chi connectivity index (χ0) is 20.4. The van der Waals surface area contributed by atoms with Crippen LogP contribution in [0.25, 0.3) is 0 Å². The average Bonchev–Trinajstić information content (AvgIpc) is 3.16. The van der Waals surface area contributed by atoms with Crippen LogP contribution in [0.1, 0.15) is 5.76 Å². The first-order valence-electron chi connectivity index (χ1n) is 7.78. The summed E-state index contributed by atoms with van der Waals surface area (Å²) in [6, 6.07) is 12.8. The van der Waals surface area contributed by atoms with E-state index in [1.165, 1.54) is 48.7 Å². The Morgan fingerprint density at radius 3 is 2.36 bits per heavy atom. The number of sulfonamides is 2. The minimum Gasteiger partial charge on any atom is -0.468 e. The SMILES string of the molecule is O=S(=O)(NCc1ccco1)c1cccc(NS(=O)(=O)c2cccc(Cl)c2Cl)c1. The standard InChI is InChI=1S/C17H14Cl2N2O5S2/c18-15-7-2-8-16(17(15)19)28(24,25)21-12-4-1-6-14(10-12)27(22,23)20-11-13-5-3-9-26-13/h1-10,20-21H,11H2. The number of furan rings is 1. The fraction of sp³-hybridized carbons (Fsp3) is 0.0588. The molecule has 2 aromatic carbocycles. The zero-order valence-corrected chi connectivity index (χ0v) is 17.2. The summed E-state index contributed by atoms with van der Waals surface area (Å²) >= 11 is 11.8. The molecule has 0 aliphatic rings. The van der Waals surface area contributed by atoms with Crippen molar-refractivity contribution in [1.29, 1.82) is 0 Å². The maximum Gasteiger partial charge on any atom is 0.263 e. The van der Waals surface area contributed by atoms with Gasteiger partial charge in [0.1, 0.15) is 10.7 Å². The van der Waals surface area contributed by atoms with Crippen LogP contribution in [-0.2, 0) is 26.6 Å². The summed E-state index contributed by atoms with van der Waals surface area (Å²) < 4.78 is 59.8. The number of benzene rings is 2. The molecule has 3 aromatic rings. The van der Waals surface area contributed by atoms with E-state index in [-0.39, 0.29) is 32.1 Å². The molecule has 0 aliphatic carbocycles. The molecule has 28 heavy (non-hydrogen) atoms. The van der Waals surface area contributed by atoms with Crippen LogP contribution in [0, 0.1) is 0 Å². The van der Waals surface area contributed by atoms with Crippen molar-refractivity contribution in [2.24, 2.45) is 0 Å². The smallest absolute Gasteiger partial charge is 0.263 e. The number of rotatable bonds is 7. The van der Waals surface area contributed by atoms with Crippen molar-refractivity contribution in [3.63, 3.8) is 0 Å². The summed E-state index contributed by atoms with van der Waals surface area (Å²) in [7, 11) is -7.96. The van der Waals surface area contributed by atoms with Crippen molar-refractivity contribution in [3.05, 3.63) is 76.7 Å². The Labute approximate surface area is 172 Å². The van der Waals surface area contributed by atoms with Gasteiger partial charge in [0.15, 0.2) is 0 Å². The molecule has 0 fully saturated rings. The lowest BCUT2D eigenvalue weighted by Gasteiger charge is -2.12. The Morgan fingerprint density at radius 1 is 0.893 bits per heavy atom. The van der Waals surface area contributed by atoms with Crippen LogP contribution in [-0.4, -0.2) is 16.8 Å². The van der Waals surface area contributed by atoms with Gasteiger partial charge in [-0.25, -0.2) is 21.6 Å². The highest BCUT2D eigenvalue weighted by Crippen LogP contribution is 2.30. The lowest BCUT2D eigenvalue weighted by molar-refractivity contribution is 0.498. The van der Waals surface area contributed by atoms with Crippen molar-refractivity contribution in [3.8, 4) is 0 Å². The lowest BCUT2D eigenvalue weighted by Crippen LogP contribution is -2.23. The Bertz CT molecular complexity index is 1190. The third-order valence-corrected chi connectivity index (χ3v) is 7.37. The van der Waals surface area contributed by atoms with Gasteiger partial charge < -0.3 is 4.42 Å². The molecule has 0 atom stereocenters. The summed E-state index contributed by atoms with van der Waals surface area (Å²) in [4.78, 5) is -0.331. The average molecular weight is 461 g/mol. The summed E-state index contributed by atoms with van der Waals surface area (Å²) in [5.41, 5.74) is 0.0527. The minimum absolute atomic E-state index is 0.0383. The van der Waals surface area contributed by atoms with Gasteiger partial charge in [0.05, 0.1) is 33.4 Å². The molecule has 7 nitrogen and oxygen atoms in total. The van der Waals surface area contributed by atoms with Crippen molar-refractivity contribution in [1.82, 2.24) is 4.72 Å². The molecule has 0 saturated carbocycles. The van der Waals surface area contributed by atoms with E-state index in [1.54, 1.807) is 12.1 Å². The van der Waals surface area contributed by atoms with Crippen molar-refractivity contribution >= 4 is 48.9 Å². The maximum absolute atomic E-state index is 12.6. The molecule has 0 aliphatic heterocycles.